The number of hydrogen-bond acceptors (Lipinski definition) is 5. The molecule has 2 aromatic rings. The number of benzene rings is 2. The summed E-state index contributed by atoms with van der Waals surface area (Å²) in [5.74, 6) is 1.06. The summed E-state index contributed by atoms with van der Waals surface area (Å²) in [6, 6.07) is 12.0. The van der Waals surface area contributed by atoms with Crippen LogP contribution >= 0.6 is 31.9 Å². The molecule has 1 aliphatic heterocycles. The lowest BCUT2D eigenvalue weighted by Gasteiger charge is -2.49. The number of rotatable bonds is 8. The molecule has 2 aliphatic carbocycles. The fraction of sp³-hybridized carbons (Fsp3) is 0.486. The molecular weight excluding hydrogens is 658 g/mol. The molecule has 2 aromatic carbocycles. The molecule has 0 fully saturated rings. The maximum atomic E-state index is 14.0. The van der Waals surface area contributed by atoms with Gasteiger partial charge in [-0.15, -0.1) is 0 Å². The second-order valence-corrected chi connectivity index (χ2v) is 15.0. The summed E-state index contributed by atoms with van der Waals surface area (Å²) >= 11 is 7.38. The Morgan fingerprint density at radius 3 is 1.98 bits per heavy atom. The van der Waals surface area contributed by atoms with Crippen LogP contribution in [0.25, 0.3) is 0 Å². The van der Waals surface area contributed by atoms with E-state index in [9.17, 15) is 9.59 Å². The highest BCUT2D eigenvalue weighted by Gasteiger charge is 2.49. The lowest BCUT2D eigenvalue weighted by molar-refractivity contribution is -0.119. The normalized spacial score (nSPS) is 20.0. The molecule has 0 radical (unpaired) electrons. The summed E-state index contributed by atoms with van der Waals surface area (Å²) in [7, 11) is 0. The van der Waals surface area contributed by atoms with E-state index in [2.05, 4.69) is 71.4 Å². The van der Waals surface area contributed by atoms with E-state index in [0.29, 0.717) is 37.6 Å². The maximum Gasteiger partial charge on any atom is 0.175 e. The average molecular weight is 700 g/mol. The van der Waals surface area contributed by atoms with Gasteiger partial charge in [-0.25, -0.2) is 0 Å². The van der Waals surface area contributed by atoms with Crippen molar-refractivity contribution in [3.63, 3.8) is 0 Å². The van der Waals surface area contributed by atoms with Crippen molar-refractivity contribution in [2.45, 2.75) is 86.2 Å². The van der Waals surface area contributed by atoms with E-state index >= 15 is 0 Å². The molecular formula is C35H41Br2NO4. The number of ketones is 2. The van der Waals surface area contributed by atoms with E-state index in [1.54, 1.807) is 0 Å². The van der Waals surface area contributed by atoms with E-state index in [-0.39, 0.29) is 22.4 Å². The van der Waals surface area contributed by atoms with Gasteiger partial charge in [-0.2, -0.15) is 0 Å². The van der Waals surface area contributed by atoms with Crippen molar-refractivity contribution in [2.24, 2.45) is 10.8 Å². The summed E-state index contributed by atoms with van der Waals surface area (Å²) in [4.78, 5) is 30.4. The van der Waals surface area contributed by atoms with E-state index in [0.717, 1.165) is 68.4 Å². The Balaban J connectivity index is 1.67. The number of carbonyl (C=O) groups is 2. The van der Waals surface area contributed by atoms with Crippen LogP contribution < -0.4 is 9.47 Å². The van der Waals surface area contributed by atoms with Crippen molar-refractivity contribution in [1.29, 1.82) is 0 Å². The summed E-state index contributed by atoms with van der Waals surface area (Å²) < 4.78 is 14.2. The van der Waals surface area contributed by atoms with Crippen LogP contribution in [0.5, 0.6) is 11.5 Å². The zero-order valence-corrected chi connectivity index (χ0v) is 28.7. The van der Waals surface area contributed by atoms with Gasteiger partial charge >= 0.3 is 0 Å². The van der Waals surface area contributed by atoms with Crippen LogP contribution in [-0.4, -0.2) is 29.6 Å². The van der Waals surface area contributed by atoms with Crippen molar-refractivity contribution in [3.05, 3.63) is 79.0 Å². The van der Waals surface area contributed by atoms with E-state index in [1.807, 2.05) is 43.3 Å². The minimum atomic E-state index is -0.428. The molecule has 0 saturated heterocycles. The molecule has 0 spiro atoms. The van der Waals surface area contributed by atoms with Gasteiger partial charge in [0.15, 0.2) is 23.1 Å². The maximum absolute atomic E-state index is 14.0. The van der Waals surface area contributed by atoms with Gasteiger partial charge < -0.3 is 14.4 Å². The van der Waals surface area contributed by atoms with Crippen LogP contribution in [0.15, 0.2) is 67.9 Å². The minimum Gasteiger partial charge on any atom is -0.490 e. The van der Waals surface area contributed by atoms with Gasteiger partial charge in [-0.1, -0.05) is 68.7 Å². The molecule has 0 unspecified atom stereocenters. The zero-order chi connectivity index (χ0) is 30.4. The third-order valence-electron chi connectivity index (χ3n) is 8.46. The van der Waals surface area contributed by atoms with Gasteiger partial charge in [0.05, 0.1) is 11.1 Å². The lowest BCUT2D eigenvalue weighted by Crippen LogP contribution is -2.44. The summed E-state index contributed by atoms with van der Waals surface area (Å²) in [6.45, 7) is 14.4. The van der Waals surface area contributed by atoms with Crippen LogP contribution in [-0.2, 0) is 16.2 Å². The smallest absolute Gasteiger partial charge is 0.175 e. The van der Waals surface area contributed by atoms with Gasteiger partial charge in [-0.3, -0.25) is 9.59 Å². The van der Waals surface area contributed by atoms with Gasteiger partial charge in [-0.05, 0) is 76.7 Å². The highest BCUT2D eigenvalue weighted by molar-refractivity contribution is 9.10. The van der Waals surface area contributed by atoms with E-state index in [4.69, 9.17) is 9.47 Å². The van der Waals surface area contributed by atoms with Gasteiger partial charge in [0, 0.05) is 57.9 Å². The van der Waals surface area contributed by atoms with Gasteiger partial charge in [0.25, 0.3) is 0 Å². The molecule has 0 atom stereocenters. The van der Waals surface area contributed by atoms with Crippen molar-refractivity contribution >= 4 is 43.4 Å². The topological polar surface area (TPSA) is 55.8 Å². The molecule has 5 rings (SSSR count). The fourth-order valence-electron chi connectivity index (χ4n) is 6.80. The standard InChI is InChI=1S/C35H41Br2NO4/c1-7-13-38-25-16-34(3,4)18-27(39)31(25)30(32-26(38)17-35(5,6)19-28(32)40)22-14-24(37)33(29(15-22)41-8-2)42-20-21-11-9-10-12-23(21)36/h9-12,14-15,30H,7-8,13,16-20H2,1-6H3. The van der Waals surface area contributed by atoms with Gasteiger partial charge in [0.2, 0.25) is 0 Å². The number of nitrogens with zero attached hydrogens (tertiary/aromatic N) is 1. The van der Waals surface area contributed by atoms with Crippen LogP contribution in [0, 0.1) is 10.8 Å². The van der Waals surface area contributed by atoms with Crippen LogP contribution in [0.3, 0.4) is 0 Å². The number of hydrogen-bond donors (Lipinski definition) is 0. The Morgan fingerprint density at radius 1 is 0.833 bits per heavy atom. The van der Waals surface area contributed by atoms with Crippen LogP contribution in [0.1, 0.15) is 90.7 Å². The lowest BCUT2D eigenvalue weighted by atomic mass is 9.63. The second-order valence-electron chi connectivity index (χ2n) is 13.3. The van der Waals surface area contributed by atoms with E-state index < -0.39 is 5.92 Å². The molecule has 1 heterocycles. The molecule has 42 heavy (non-hydrogen) atoms. The molecule has 7 heteroatoms. The Bertz CT molecular complexity index is 1430. The summed E-state index contributed by atoms with van der Waals surface area (Å²) in [5, 5.41) is 0. The van der Waals surface area contributed by atoms with Crippen molar-refractivity contribution in [3.8, 4) is 11.5 Å². The Hall–Kier alpha value is -2.38. The number of ether oxygens (including phenoxy) is 2. The molecule has 224 valence electrons. The second kappa shape index (κ2) is 12.0. The minimum absolute atomic E-state index is 0.139. The van der Waals surface area contributed by atoms with Gasteiger partial charge in [0.1, 0.15) is 6.61 Å². The summed E-state index contributed by atoms with van der Waals surface area (Å²) in [6.07, 6.45) is 3.49. The molecule has 0 amide bonds. The Labute approximate surface area is 267 Å². The highest BCUT2D eigenvalue weighted by atomic mass is 79.9. The predicted molar refractivity (Wildman–Crippen MR) is 174 cm³/mol. The molecule has 3 aliphatic rings. The first kappa shape index (κ1) is 31.1. The number of Topliss-reactive ketones (excluding diaryl/α,β-unsaturated/α-hetero) is 2. The zero-order valence-electron chi connectivity index (χ0n) is 25.5. The molecule has 0 bridgehead atoms. The Morgan fingerprint density at radius 2 is 1.43 bits per heavy atom. The fourth-order valence-corrected chi connectivity index (χ4v) is 7.77. The first-order valence-corrected chi connectivity index (χ1v) is 16.6. The van der Waals surface area contributed by atoms with Crippen molar-refractivity contribution < 1.29 is 19.1 Å². The monoisotopic (exact) mass is 697 g/mol. The first-order valence-electron chi connectivity index (χ1n) is 15.0. The van der Waals surface area contributed by atoms with Crippen LogP contribution in [0.2, 0.25) is 0 Å². The number of carbonyl (C=O) groups excluding carboxylic acids is 2. The summed E-state index contributed by atoms with van der Waals surface area (Å²) in [5.41, 5.74) is 5.38. The first-order chi connectivity index (χ1) is 19.9. The van der Waals surface area contributed by atoms with Crippen LogP contribution in [0.4, 0.5) is 0 Å². The molecule has 0 saturated carbocycles. The highest BCUT2D eigenvalue weighted by Crippen LogP contribution is 2.55. The largest absolute Gasteiger partial charge is 0.490 e. The van der Waals surface area contributed by atoms with Crippen molar-refractivity contribution in [2.75, 3.05) is 13.2 Å². The molecule has 0 aromatic heterocycles. The number of allylic oxidation sites excluding steroid dienone is 4. The third-order valence-corrected chi connectivity index (χ3v) is 9.83. The number of halogens is 2. The quantitative estimate of drug-likeness (QED) is 0.275. The predicted octanol–water partition coefficient (Wildman–Crippen LogP) is 9.28. The third kappa shape index (κ3) is 6.01. The Kier molecular flexibility index (Phi) is 8.84. The van der Waals surface area contributed by atoms with Crippen molar-refractivity contribution in [1.82, 2.24) is 4.90 Å². The molecule has 5 nitrogen and oxygen atoms in total. The SMILES string of the molecule is CCCN1C2=C(C(=O)CC(C)(C)C2)C(c2cc(Br)c(OCc3ccccc3Br)c(OCC)c2)C2=C1CC(C)(C)CC2=O. The molecule has 0 N–H and O–H groups in total. The van der Waals surface area contributed by atoms with E-state index in [1.165, 1.54) is 0 Å². The average Bonchev–Trinajstić information content (AvgIpc) is 2.88.